The fourth-order valence-corrected chi connectivity index (χ4v) is 4.31. The molecule has 3 aromatic rings. The van der Waals surface area contributed by atoms with E-state index in [0.717, 1.165) is 28.1 Å². The minimum absolute atomic E-state index is 0.0528. The van der Waals surface area contributed by atoms with Crippen LogP contribution in [0.25, 0.3) is 16.8 Å². The Kier molecular flexibility index (Phi) is 4.96. The average Bonchev–Trinajstić information content (AvgIpc) is 3.31. The van der Waals surface area contributed by atoms with Gasteiger partial charge < -0.3 is 15.5 Å². The lowest BCUT2D eigenvalue weighted by Gasteiger charge is -2.30. The van der Waals surface area contributed by atoms with E-state index in [1.165, 1.54) is 0 Å². The van der Waals surface area contributed by atoms with Gasteiger partial charge in [-0.3, -0.25) is 24.2 Å². The Balaban J connectivity index is 1.48. The first-order valence-corrected chi connectivity index (χ1v) is 10.9. The Morgan fingerprint density at radius 2 is 1.97 bits per heavy atom. The summed E-state index contributed by atoms with van der Waals surface area (Å²) in [7, 11) is 0. The van der Waals surface area contributed by atoms with E-state index in [4.69, 9.17) is 0 Å². The summed E-state index contributed by atoms with van der Waals surface area (Å²) >= 11 is 0. The zero-order valence-corrected chi connectivity index (χ0v) is 19.0. The van der Waals surface area contributed by atoms with E-state index < -0.39 is 0 Å². The molecule has 0 saturated carbocycles. The van der Waals surface area contributed by atoms with Gasteiger partial charge in [0.25, 0.3) is 5.91 Å². The van der Waals surface area contributed by atoms with Gasteiger partial charge in [0, 0.05) is 41.3 Å². The van der Waals surface area contributed by atoms with Gasteiger partial charge in [-0.05, 0) is 45.4 Å². The van der Waals surface area contributed by atoms with E-state index in [9.17, 15) is 9.59 Å². The first-order chi connectivity index (χ1) is 15.8. The van der Waals surface area contributed by atoms with E-state index in [1.807, 2.05) is 50.8 Å². The molecule has 33 heavy (non-hydrogen) atoms. The van der Waals surface area contributed by atoms with Crippen LogP contribution in [0.2, 0.25) is 0 Å². The van der Waals surface area contributed by atoms with Crippen LogP contribution in [0.4, 0.5) is 11.5 Å². The van der Waals surface area contributed by atoms with Gasteiger partial charge in [0.15, 0.2) is 5.82 Å². The molecule has 5 heterocycles. The van der Waals surface area contributed by atoms with Crippen LogP contribution in [0.5, 0.6) is 0 Å². The van der Waals surface area contributed by atoms with E-state index in [1.54, 1.807) is 23.3 Å². The van der Waals surface area contributed by atoms with Gasteiger partial charge in [-0.25, -0.2) is 0 Å². The number of rotatable bonds is 4. The van der Waals surface area contributed by atoms with Gasteiger partial charge in [0.1, 0.15) is 6.54 Å². The molecule has 2 aliphatic heterocycles. The van der Waals surface area contributed by atoms with Crippen LogP contribution in [0.3, 0.4) is 0 Å². The smallest absolute Gasteiger partial charge is 0.258 e. The number of fused-ring (bicyclic) bond motifs is 2. The third-order valence-corrected chi connectivity index (χ3v) is 6.08. The first-order valence-electron chi connectivity index (χ1n) is 10.9. The molecule has 0 unspecified atom stereocenters. The summed E-state index contributed by atoms with van der Waals surface area (Å²) < 4.78 is 1.72. The molecule has 9 heteroatoms. The van der Waals surface area contributed by atoms with Crippen molar-refractivity contribution in [2.24, 2.45) is 0 Å². The number of carbonyl (C=O) groups is 2. The maximum atomic E-state index is 12.8. The summed E-state index contributed by atoms with van der Waals surface area (Å²) in [4.78, 5) is 35.7. The molecule has 168 valence electrons. The molecule has 0 saturated heterocycles. The fraction of sp³-hybridized carbons (Fsp3) is 0.292. The molecule has 2 amide bonds. The van der Waals surface area contributed by atoms with Crippen molar-refractivity contribution < 1.29 is 9.59 Å². The van der Waals surface area contributed by atoms with Gasteiger partial charge in [-0.1, -0.05) is 0 Å². The predicted molar refractivity (Wildman–Crippen MR) is 125 cm³/mol. The fourth-order valence-electron chi connectivity index (χ4n) is 4.31. The number of allylic oxidation sites excluding steroid dienone is 1. The Morgan fingerprint density at radius 1 is 1.15 bits per heavy atom. The molecule has 3 aromatic heterocycles. The summed E-state index contributed by atoms with van der Waals surface area (Å²) in [6.45, 7) is 8.60. The van der Waals surface area contributed by atoms with Crippen molar-refractivity contribution in [3.8, 4) is 11.3 Å². The second kappa shape index (κ2) is 7.84. The van der Waals surface area contributed by atoms with Crippen molar-refractivity contribution in [1.29, 1.82) is 0 Å². The molecule has 9 nitrogen and oxygen atoms in total. The molecule has 0 fully saturated rings. The Hall–Kier alpha value is -4.01. The molecule has 0 spiro atoms. The second-order valence-electron chi connectivity index (χ2n) is 8.68. The van der Waals surface area contributed by atoms with Crippen molar-refractivity contribution in [1.82, 2.24) is 24.6 Å². The van der Waals surface area contributed by atoms with Crippen LogP contribution < -0.4 is 10.6 Å². The minimum atomic E-state index is -0.193. The highest BCUT2D eigenvalue weighted by Gasteiger charge is 2.29. The molecule has 0 bridgehead atoms. The monoisotopic (exact) mass is 443 g/mol. The maximum Gasteiger partial charge on any atom is 0.258 e. The quantitative estimate of drug-likeness (QED) is 0.600. The predicted octanol–water partition coefficient (Wildman–Crippen LogP) is 3.19. The zero-order valence-electron chi connectivity index (χ0n) is 19.0. The van der Waals surface area contributed by atoms with Gasteiger partial charge in [-0.15, -0.1) is 0 Å². The summed E-state index contributed by atoms with van der Waals surface area (Å²) in [5.74, 6) is 0.464. The van der Waals surface area contributed by atoms with E-state index in [2.05, 4.69) is 25.7 Å². The van der Waals surface area contributed by atoms with Gasteiger partial charge in [0.05, 0.1) is 35.4 Å². The molecule has 0 radical (unpaired) electrons. The van der Waals surface area contributed by atoms with Gasteiger partial charge >= 0.3 is 0 Å². The molecular weight excluding hydrogens is 418 g/mol. The molecule has 2 N–H and O–H groups in total. The molecule has 5 rings (SSSR count). The maximum absolute atomic E-state index is 12.8. The highest BCUT2D eigenvalue weighted by atomic mass is 16.2. The number of hydrogen-bond donors (Lipinski definition) is 2. The van der Waals surface area contributed by atoms with Crippen molar-refractivity contribution in [3.63, 3.8) is 0 Å². The summed E-state index contributed by atoms with van der Waals surface area (Å²) in [6.07, 6.45) is 5.20. The third kappa shape index (κ3) is 3.65. The SMILES string of the molecule is C/C(Nc1cc2n(n1)CC(=O)N(C(C)C)C2)=C1/C(=O)Nc2cnc(-c3cnccc3C)cc21. The van der Waals surface area contributed by atoms with E-state index >= 15 is 0 Å². The van der Waals surface area contributed by atoms with Gasteiger partial charge in [0.2, 0.25) is 5.91 Å². The number of amides is 2. The molecular formula is C24H25N7O2. The van der Waals surface area contributed by atoms with Crippen LogP contribution in [0.15, 0.2) is 42.5 Å². The van der Waals surface area contributed by atoms with Crippen LogP contribution in [-0.4, -0.2) is 42.5 Å². The highest BCUT2D eigenvalue weighted by molar-refractivity contribution is 6.32. The second-order valence-corrected chi connectivity index (χ2v) is 8.68. The van der Waals surface area contributed by atoms with Crippen LogP contribution in [-0.2, 0) is 22.7 Å². The van der Waals surface area contributed by atoms with Crippen LogP contribution >= 0.6 is 0 Å². The lowest BCUT2D eigenvalue weighted by atomic mass is 10.0. The highest BCUT2D eigenvalue weighted by Crippen LogP contribution is 2.36. The lowest BCUT2D eigenvalue weighted by molar-refractivity contribution is -0.136. The number of nitrogens with zero attached hydrogens (tertiary/aromatic N) is 5. The Morgan fingerprint density at radius 3 is 2.73 bits per heavy atom. The van der Waals surface area contributed by atoms with E-state index in [-0.39, 0.29) is 24.4 Å². The van der Waals surface area contributed by atoms with Gasteiger partial charge in [-0.2, -0.15) is 5.10 Å². The molecule has 0 aromatic carbocycles. The first kappa shape index (κ1) is 20.9. The Labute approximate surface area is 191 Å². The molecule has 0 atom stereocenters. The van der Waals surface area contributed by atoms with E-state index in [0.29, 0.717) is 29.3 Å². The lowest BCUT2D eigenvalue weighted by Crippen LogP contribution is -2.43. The topological polar surface area (TPSA) is 105 Å². The average molecular weight is 444 g/mol. The number of nitrogens with one attached hydrogen (secondary N) is 2. The number of anilines is 2. The molecule has 2 aliphatic rings. The number of carbonyl (C=O) groups excluding carboxylic acids is 2. The summed E-state index contributed by atoms with van der Waals surface area (Å²) in [6, 6.07) is 5.90. The summed E-state index contributed by atoms with van der Waals surface area (Å²) in [5.41, 5.74) is 6.36. The minimum Gasteiger partial charge on any atom is -0.342 e. The molecule has 0 aliphatic carbocycles. The third-order valence-electron chi connectivity index (χ3n) is 6.08. The number of pyridine rings is 2. The Bertz CT molecular complexity index is 1320. The number of hydrogen-bond acceptors (Lipinski definition) is 6. The van der Waals surface area contributed by atoms with Crippen molar-refractivity contribution in [2.45, 2.75) is 46.8 Å². The number of aromatic nitrogens is 4. The number of aryl methyl sites for hydroxylation is 1. The van der Waals surface area contributed by atoms with Crippen molar-refractivity contribution >= 4 is 28.9 Å². The normalized spacial score (nSPS) is 16.6. The van der Waals surface area contributed by atoms with Crippen molar-refractivity contribution in [3.05, 3.63) is 59.3 Å². The largest absolute Gasteiger partial charge is 0.342 e. The van der Waals surface area contributed by atoms with Crippen LogP contribution in [0.1, 0.15) is 37.6 Å². The standard InChI is InChI=1S/C24H25N7O2/c1-13(2)30-11-16-7-21(29-31(16)12-22(30)32)27-15(4)23-17-8-19(18-9-25-6-5-14(18)3)26-10-20(17)28-24(23)33/h5-10,13H,11-12H2,1-4H3,(H,27,29)(H,28,33)/b23-15-. The summed E-state index contributed by atoms with van der Waals surface area (Å²) in [5, 5.41) is 10.7. The van der Waals surface area contributed by atoms with Crippen molar-refractivity contribution in [2.75, 3.05) is 10.6 Å². The van der Waals surface area contributed by atoms with Crippen LogP contribution in [0, 0.1) is 6.92 Å². The zero-order chi connectivity index (χ0) is 23.3.